The number of aryl methyl sites for hydroxylation is 1. The van der Waals surface area contributed by atoms with Gasteiger partial charge in [0.05, 0.1) is 29.4 Å². The summed E-state index contributed by atoms with van der Waals surface area (Å²) >= 11 is 6.01. The Morgan fingerprint density at radius 3 is 2.55 bits per heavy atom. The Kier molecular flexibility index (Phi) is 5.60. The number of ether oxygens (including phenoxy) is 1. The summed E-state index contributed by atoms with van der Waals surface area (Å²) in [6.07, 6.45) is 0. The Morgan fingerprint density at radius 2 is 1.81 bits per heavy atom. The van der Waals surface area contributed by atoms with Gasteiger partial charge in [0, 0.05) is 10.7 Å². The molecular formula is C23H19ClN4O3. The molecule has 0 fully saturated rings. The molecule has 1 aromatic heterocycles. The third kappa shape index (κ3) is 4.22. The largest absolute Gasteiger partial charge is 0.495 e. The molecule has 0 aliphatic rings. The molecule has 0 saturated carbocycles. The molecule has 3 aromatic carbocycles. The average Bonchev–Trinajstić information content (AvgIpc) is 2.75. The maximum atomic E-state index is 13.2. The van der Waals surface area contributed by atoms with Crippen LogP contribution >= 0.6 is 11.6 Å². The number of amides is 2. The van der Waals surface area contributed by atoms with Gasteiger partial charge >= 0.3 is 6.03 Å². The summed E-state index contributed by atoms with van der Waals surface area (Å²) in [4.78, 5) is 30.2. The van der Waals surface area contributed by atoms with E-state index in [4.69, 9.17) is 16.3 Å². The van der Waals surface area contributed by atoms with Gasteiger partial charge in [0.1, 0.15) is 11.6 Å². The number of carbonyl (C=O) groups is 1. The number of carbonyl (C=O) groups excluding carboxylic acids is 1. The van der Waals surface area contributed by atoms with Gasteiger partial charge in [-0.05, 0) is 55.5 Å². The van der Waals surface area contributed by atoms with E-state index in [1.54, 1.807) is 47.9 Å². The van der Waals surface area contributed by atoms with Crippen LogP contribution < -0.4 is 20.9 Å². The van der Waals surface area contributed by atoms with Crippen molar-refractivity contribution in [2.24, 2.45) is 0 Å². The number of halogens is 1. The van der Waals surface area contributed by atoms with Crippen molar-refractivity contribution >= 4 is 39.9 Å². The number of aromatic nitrogens is 2. The molecule has 0 aliphatic carbocycles. The van der Waals surface area contributed by atoms with E-state index in [1.165, 1.54) is 7.11 Å². The standard InChI is InChI=1S/C23H19ClN4O3/c1-14-25-19-10-9-16(13-18(19)22(29)28(14)17-6-4-3-5-7-17)26-23(30)27-20-12-15(24)8-11-21(20)31-2/h3-13H,1-2H3,(H2,26,27,30). The summed E-state index contributed by atoms with van der Waals surface area (Å²) in [5.74, 6) is 1.05. The molecule has 2 amide bonds. The Bertz CT molecular complexity index is 1340. The van der Waals surface area contributed by atoms with Gasteiger partial charge in [0.2, 0.25) is 0 Å². The molecule has 7 nitrogen and oxygen atoms in total. The molecule has 0 aliphatic heterocycles. The summed E-state index contributed by atoms with van der Waals surface area (Å²) in [7, 11) is 1.50. The SMILES string of the molecule is COc1ccc(Cl)cc1NC(=O)Nc1ccc2nc(C)n(-c3ccccc3)c(=O)c2c1. The van der Waals surface area contributed by atoms with Crippen LogP contribution in [-0.2, 0) is 0 Å². The van der Waals surface area contributed by atoms with E-state index >= 15 is 0 Å². The molecule has 0 atom stereocenters. The number of nitrogens with zero attached hydrogens (tertiary/aromatic N) is 2. The first kappa shape index (κ1) is 20.4. The molecule has 8 heteroatoms. The van der Waals surface area contributed by atoms with Crippen molar-refractivity contribution in [3.05, 3.63) is 87.9 Å². The molecule has 0 spiro atoms. The number of hydrogen-bond donors (Lipinski definition) is 2. The number of methoxy groups -OCH3 is 1. The highest BCUT2D eigenvalue weighted by Crippen LogP contribution is 2.28. The third-order valence-corrected chi connectivity index (χ3v) is 4.95. The molecule has 0 saturated heterocycles. The van der Waals surface area contributed by atoms with Gasteiger partial charge in [-0.15, -0.1) is 0 Å². The van der Waals surface area contributed by atoms with Gasteiger partial charge in [-0.25, -0.2) is 9.78 Å². The molecule has 31 heavy (non-hydrogen) atoms. The number of rotatable bonds is 4. The Hall–Kier alpha value is -3.84. The van der Waals surface area contributed by atoms with Crippen molar-refractivity contribution < 1.29 is 9.53 Å². The molecule has 0 radical (unpaired) electrons. The van der Waals surface area contributed by atoms with E-state index in [0.29, 0.717) is 38.9 Å². The minimum absolute atomic E-state index is 0.214. The lowest BCUT2D eigenvalue weighted by Gasteiger charge is -2.13. The first-order chi connectivity index (χ1) is 15.0. The fourth-order valence-corrected chi connectivity index (χ4v) is 3.49. The number of para-hydroxylation sites is 1. The monoisotopic (exact) mass is 434 g/mol. The van der Waals surface area contributed by atoms with Crippen LogP contribution in [0.3, 0.4) is 0 Å². The van der Waals surface area contributed by atoms with Gasteiger partial charge in [-0.3, -0.25) is 9.36 Å². The van der Waals surface area contributed by atoms with E-state index in [2.05, 4.69) is 15.6 Å². The number of hydrogen-bond acceptors (Lipinski definition) is 4. The molecular weight excluding hydrogens is 416 g/mol. The van der Waals surface area contributed by atoms with Crippen LogP contribution in [0.2, 0.25) is 5.02 Å². The van der Waals surface area contributed by atoms with Crippen molar-refractivity contribution in [3.8, 4) is 11.4 Å². The van der Waals surface area contributed by atoms with Crippen LogP contribution in [0.15, 0.2) is 71.5 Å². The van der Waals surface area contributed by atoms with E-state index in [1.807, 2.05) is 30.3 Å². The number of anilines is 2. The first-order valence-corrected chi connectivity index (χ1v) is 9.84. The average molecular weight is 435 g/mol. The van der Waals surface area contributed by atoms with Crippen LogP contribution in [0, 0.1) is 6.92 Å². The first-order valence-electron chi connectivity index (χ1n) is 9.46. The number of benzene rings is 3. The summed E-state index contributed by atoms with van der Waals surface area (Å²) in [6, 6.07) is 18.7. The van der Waals surface area contributed by atoms with Crippen LogP contribution in [0.25, 0.3) is 16.6 Å². The van der Waals surface area contributed by atoms with Crippen molar-refractivity contribution in [1.29, 1.82) is 0 Å². The summed E-state index contributed by atoms with van der Waals surface area (Å²) in [6.45, 7) is 1.78. The van der Waals surface area contributed by atoms with Crippen molar-refractivity contribution in [3.63, 3.8) is 0 Å². The van der Waals surface area contributed by atoms with Gasteiger partial charge in [-0.1, -0.05) is 29.8 Å². The van der Waals surface area contributed by atoms with Crippen LogP contribution in [0.4, 0.5) is 16.2 Å². The van der Waals surface area contributed by atoms with Gasteiger partial charge < -0.3 is 15.4 Å². The molecule has 0 bridgehead atoms. The molecule has 1 heterocycles. The summed E-state index contributed by atoms with van der Waals surface area (Å²) in [5, 5.41) is 6.29. The maximum Gasteiger partial charge on any atom is 0.323 e. The summed E-state index contributed by atoms with van der Waals surface area (Å²) in [5.41, 5.74) is 1.94. The fraction of sp³-hybridized carbons (Fsp3) is 0.0870. The summed E-state index contributed by atoms with van der Waals surface area (Å²) < 4.78 is 6.78. The zero-order chi connectivity index (χ0) is 22.0. The zero-order valence-corrected chi connectivity index (χ0v) is 17.6. The Morgan fingerprint density at radius 1 is 1.03 bits per heavy atom. The van der Waals surface area contributed by atoms with E-state index in [0.717, 1.165) is 5.69 Å². The molecule has 4 rings (SSSR count). The van der Waals surface area contributed by atoms with Crippen molar-refractivity contribution in [2.45, 2.75) is 6.92 Å². The number of urea groups is 1. The topological polar surface area (TPSA) is 85.2 Å². The highest BCUT2D eigenvalue weighted by atomic mass is 35.5. The fourth-order valence-electron chi connectivity index (χ4n) is 3.32. The van der Waals surface area contributed by atoms with E-state index < -0.39 is 6.03 Å². The van der Waals surface area contributed by atoms with Gasteiger partial charge in [0.15, 0.2) is 0 Å². The third-order valence-electron chi connectivity index (χ3n) is 4.72. The molecule has 0 unspecified atom stereocenters. The second kappa shape index (κ2) is 8.49. The molecule has 156 valence electrons. The quantitative estimate of drug-likeness (QED) is 0.473. The lowest BCUT2D eigenvalue weighted by atomic mass is 10.2. The normalized spacial score (nSPS) is 10.7. The molecule has 4 aromatic rings. The second-order valence-corrected chi connectivity index (χ2v) is 7.23. The van der Waals surface area contributed by atoms with E-state index in [9.17, 15) is 9.59 Å². The van der Waals surface area contributed by atoms with Crippen molar-refractivity contribution in [2.75, 3.05) is 17.7 Å². The van der Waals surface area contributed by atoms with Crippen molar-refractivity contribution in [1.82, 2.24) is 9.55 Å². The predicted octanol–water partition coefficient (Wildman–Crippen LogP) is 5.00. The van der Waals surface area contributed by atoms with E-state index in [-0.39, 0.29) is 5.56 Å². The number of fused-ring (bicyclic) bond motifs is 1. The minimum Gasteiger partial charge on any atom is -0.495 e. The number of nitrogens with one attached hydrogen (secondary N) is 2. The van der Waals surface area contributed by atoms with Gasteiger partial charge in [0.25, 0.3) is 5.56 Å². The van der Waals surface area contributed by atoms with Crippen LogP contribution in [0.5, 0.6) is 5.75 Å². The Labute approximate surface area is 183 Å². The molecule has 2 N–H and O–H groups in total. The lowest BCUT2D eigenvalue weighted by molar-refractivity contribution is 0.262. The Balaban J connectivity index is 1.66. The predicted molar refractivity (Wildman–Crippen MR) is 123 cm³/mol. The smallest absolute Gasteiger partial charge is 0.323 e. The second-order valence-electron chi connectivity index (χ2n) is 6.79. The highest BCUT2D eigenvalue weighted by molar-refractivity contribution is 6.31. The lowest BCUT2D eigenvalue weighted by Crippen LogP contribution is -2.23. The minimum atomic E-state index is -0.497. The van der Waals surface area contributed by atoms with Gasteiger partial charge in [-0.2, -0.15) is 0 Å². The zero-order valence-electron chi connectivity index (χ0n) is 16.8. The highest BCUT2D eigenvalue weighted by Gasteiger charge is 2.12. The maximum absolute atomic E-state index is 13.2. The van der Waals surface area contributed by atoms with Crippen LogP contribution in [0.1, 0.15) is 5.82 Å². The van der Waals surface area contributed by atoms with Crippen LogP contribution in [-0.4, -0.2) is 22.7 Å².